The Kier molecular flexibility index (Phi) is 3.43. The molecule has 1 rings (SSSR count). The first-order valence-electron chi connectivity index (χ1n) is 4.07. The quantitative estimate of drug-likeness (QED) is 0.773. The molecule has 1 N–H and O–H groups in total. The molecule has 14 heavy (non-hydrogen) atoms. The van der Waals surface area contributed by atoms with E-state index in [-0.39, 0.29) is 5.78 Å². The second kappa shape index (κ2) is 4.58. The summed E-state index contributed by atoms with van der Waals surface area (Å²) in [6.45, 7) is 3.28. The number of hydrogen-bond donors (Lipinski definition) is 1. The van der Waals surface area contributed by atoms with Crippen LogP contribution in [0, 0.1) is 11.3 Å². The minimum Gasteiger partial charge on any atom is -0.350 e. The SMILES string of the molecule is CC(=O)/C=C(/C)Nc1sccc1C#N. The molecule has 0 amide bonds. The van der Waals surface area contributed by atoms with Crippen LogP contribution >= 0.6 is 11.3 Å². The number of thiophene rings is 1. The Bertz CT molecular complexity index is 412. The smallest absolute Gasteiger partial charge is 0.154 e. The summed E-state index contributed by atoms with van der Waals surface area (Å²) in [7, 11) is 0. The third-order valence-corrected chi connectivity index (χ3v) is 2.35. The first kappa shape index (κ1) is 10.5. The average molecular weight is 206 g/mol. The predicted molar refractivity (Wildman–Crippen MR) is 57.1 cm³/mol. The van der Waals surface area contributed by atoms with Gasteiger partial charge in [-0.25, -0.2) is 0 Å². The molecule has 0 saturated carbocycles. The van der Waals surface area contributed by atoms with E-state index < -0.39 is 0 Å². The maximum absolute atomic E-state index is 10.8. The minimum atomic E-state index is -0.00920. The van der Waals surface area contributed by atoms with E-state index in [1.165, 1.54) is 24.3 Å². The molecular formula is C10H10N2OS. The molecular weight excluding hydrogens is 196 g/mol. The van der Waals surface area contributed by atoms with Crippen LogP contribution in [0.15, 0.2) is 23.2 Å². The fourth-order valence-electron chi connectivity index (χ4n) is 1.01. The molecule has 0 aliphatic rings. The first-order chi connectivity index (χ1) is 6.63. The lowest BCUT2D eigenvalue weighted by Crippen LogP contribution is -1.97. The highest BCUT2D eigenvalue weighted by molar-refractivity contribution is 7.14. The van der Waals surface area contributed by atoms with Crippen LogP contribution in [-0.4, -0.2) is 5.78 Å². The minimum absolute atomic E-state index is 0.00920. The van der Waals surface area contributed by atoms with Gasteiger partial charge in [-0.1, -0.05) is 0 Å². The number of ketones is 1. The zero-order chi connectivity index (χ0) is 10.6. The van der Waals surface area contributed by atoms with Crippen LogP contribution in [0.1, 0.15) is 19.4 Å². The largest absolute Gasteiger partial charge is 0.350 e. The van der Waals surface area contributed by atoms with Gasteiger partial charge in [0.25, 0.3) is 0 Å². The van der Waals surface area contributed by atoms with Crippen molar-refractivity contribution in [2.45, 2.75) is 13.8 Å². The third-order valence-electron chi connectivity index (χ3n) is 1.52. The summed E-state index contributed by atoms with van der Waals surface area (Å²) in [5.41, 5.74) is 1.35. The number of rotatable bonds is 3. The topological polar surface area (TPSA) is 52.9 Å². The maximum Gasteiger partial charge on any atom is 0.154 e. The Labute approximate surface area is 86.7 Å². The Morgan fingerprint density at radius 3 is 2.93 bits per heavy atom. The fourth-order valence-corrected chi connectivity index (χ4v) is 1.81. The fraction of sp³-hybridized carbons (Fsp3) is 0.200. The molecule has 0 aliphatic heterocycles. The zero-order valence-corrected chi connectivity index (χ0v) is 8.81. The van der Waals surface area contributed by atoms with Crippen molar-refractivity contribution in [1.29, 1.82) is 5.26 Å². The van der Waals surface area contributed by atoms with E-state index >= 15 is 0 Å². The molecule has 72 valence electrons. The van der Waals surface area contributed by atoms with Crippen molar-refractivity contribution in [3.05, 3.63) is 28.8 Å². The summed E-state index contributed by atoms with van der Waals surface area (Å²) in [5, 5.41) is 14.4. The van der Waals surface area contributed by atoms with E-state index in [0.29, 0.717) is 5.56 Å². The lowest BCUT2D eigenvalue weighted by Gasteiger charge is -2.02. The van der Waals surface area contributed by atoms with Crippen LogP contribution in [0.2, 0.25) is 0 Å². The van der Waals surface area contributed by atoms with Crippen molar-refractivity contribution in [1.82, 2.24) is 0 Å². The molecule has 1 aromatic heterocycles. The van der Waals surface area contributed by atoms with E-state index in [4.69, 9.17) is 5.26 Å². The van der Waals surface area contributed by atoms with E-state index in [1.807, 2.05) is 5.38 Å². The Morgan fingerprint density at radius 2 is 2.36 bits per heavy atom. The predicted octanol–water partition coefficient (Wildman–Crippen LogP) is 2.52. The van der Waals surface area contributed by atoms with Gasteiger partial charge in [-0.3, -0.25) is 4.79 Å². The molecule has 1 heterocycles. The highest BCUT2D eigenvalue weighted by Gasteiger charge is 2.02. The van der Waals surface area contributed by atoms with Crippen LogP contribution in [-0.2, 0) is 4.79 Å². The molecule has 3 nitrogen and oxygen atoms in total. The first-order valence-corrected chi connectivity index (χ1v) is 4.95. The number of hydrogen-bond acceptors (Lipinski definition) is 4. The van der Waals surface area contributed by atoms with Crippen molar-refractivity contribution in [2.75, 3.05) is 5.32 Å². The summed E-state index contributed by atoms with van der Waals surface area (Å²) < 4.78 is 0. The van der Waals surface area contributed by atoms with Crippen LogP contribution in [0.3, 0.4) is 0 Å². The summed E-state index contributed by atoms with van der Waals surface area (Å²) in [6, 6.07) is 3.81. The summed E-state index contributed by atoms with van der Waals surface area (Å²) in [5.74, 6) is -0.00920. The second-order valence-electron chi connectivity index (χ2n) is 2.84. The van der Waals surface area contributed by atoms with E-state index in [2.05, 4.69) is 11.4 Å². The average Bonchev–Trinajstić information content (AvgIpc) is 2.50. The number of nitrogens with zero attached hydrogens (tertiary/aromatic N) is 1. The van der Waals surface area contributed by atoms with Gasteiger partial charge in [-0.05, 0) is 31.4 Å². The molecule has 4 heteroatoms. The zero-order valence-electron chi connectivity index (χ0n) is 8.00. The molecule has 0 unspecified atom stereocenters. The van der Waals surface area contributed by atoms with Crippen LogP contribution in [0.25, 0.3) is 0 Å². The van der Waals surface area contributed by atoms with Crippen molar-refractivity contribution < 1.29 is 4.79 Å². The van der Waals surface area contributed by atoms with Gasteiger partial charge < -0.3 is 5.32 Å². The molecule has 0 bridgehead atoms. The van der Waals surface area contributed by atoms with Gasteiger partial charge in [0.2, 0.25) is 0 Å². The molecule has 0 aliphatic carbocycles. The van der Waals surface area contributed by atoms with Gasteiger partial charge in [-0.2, -0.15) is 5.26 Å². The standard InChI is InChI=1S/C10H10N2OS/c1-7(5-8(2)13)12-10-9(6-11)3-4-14-10/h3-5,12H,1-2H3/b7-5-. The lowest BCUT2D eigenvalue weighted by atomic mass is 10.3. The highest BCUT2D eigenvalue weighted by atomic mass is 32.1. The van der Waals surface area contributed by atoms with Crippen molar-refractivity contribution in [3.63, 3.8) is 0 Å². The molecule has 0 radical (unpaired) electrons. The summed E-state index contributed by atoms with van der Waals surface area (Å²) in [6.07, 6.45) is 1.50. The molecule has 0 spiro atoms. The molecule has 1 aromatic rings. The number of anilines is 1. The van der Waals surface area contributed by atoms with E-state index in [9.17, 15) is 4.79 Å². The number of allylic oxidation sites excluding steroid dienone is 2. The van der Waals surface area contributed by atoms with E-state index in [1.54, 1.807) is 13.0 Å². The Morgan fingerprint density at radius 1 is 1.64 bits per heavy atom. The van der Waals surface area contributed by atoms with Gasteiger partial charge in [0.15, 0.2) is 5.78 Å². The van der Waals surface area contributed by atoms with Crippen LogP contribution in [0.5, 0.6) is 0 Å². The van der Waals surface area contributed by atoms with Crippen LogP contribution < -0.4 is 5.32 Å². The van der Waals surface area contributed by atoms with Gasteiger partial charge in [0.1, 0.15) is 11.1 Å². The molecule has 0 aromatic carbocycles. The van der Waals surface area contributed by atoms with Crippen molar-refractivity contribution in [2.24, 2.45) is 0 Å². The second-order valence-corrected chi connectivity index (χ2v) is 3.75. The van der Waals surface area contributed by atoms with Gasteiger partial charge in [0, 0.05) is 5.70 Å². The van der Waals surface area contributed by atoms with Gasteiger partial charge >= 0.3 is 0 Å². The normalized spacial score (nSPS) is 10.8. The van der Waals surface area contributed by atoms with Crippen molar-refractivity contribution >= 4 is 22.1 Å². The monoisotopic (exact) mass is 206 g/mol. The molecule has 0 atom stereocenters. The molecule has 0 saturated heterocycles. The number of nitriles is 1. The lowest BCUT2D eigenvalue weighted by molar-refractivity contribution is -0.112. The number of carbonyl (C=O) groups is 1. The van der Waals surface area contributed by atoms with Gasteiger partial charge in [-0.15, -0.1) is 11.3 Å². The summed E-state index contributed by atoms with van der Waals surface area (Å²) >= 11 is 1.44. The van der Waals surface area contributed by atoms with Crippen molar-refractivity contribution in [3.8, 4) is 6.07 Å². The Hall–Kier alpha value is -1.60. The Balaban J connectivity index is 2.80. The maximum atomic E-state index is 10.8. The number of carbonyl (C=O) groups excluding carboxylic acids is 1. The third kappa shape index (κ3) is 2.71. The number of nitrogens with one attached hydrogen (secondary N) is 1. The highest BCUT2D eigenvalue weighted by Crippen LogP contribution is 2.23. The molecule has 0 fully saturated rings. The van der Waals surface area contributed by atoms with Gasteiger partial charge in [0.05, 0.1) is 5.56 Å². The summed E-state index contributed by atoms with van der Waals surface area (Å²) in [4.78, 5) is 10.8. The van der Waals surface area contributed by atoms with E-state index in [0.717, 1.165) is 10.7 Å². The van der Waals surface area contributed by atoms with Crippen LogP contribution in [0.4, 0.5) is 5.00 Å².